The largest absolute Gasteiger partial charge is 0.489 e. The summed E-state index contributed by atoms with van der Waals surface area (Å²) in [6.07, 6.45) is 0. The van der Waals surface area contributed by atoms with Crippen molar-refractivity contribution in [3.63, 3.8) is 0 Å². The van der Waals surface area contributed by atoms with Crippen molar-refractivity contribution in [2.24, 2.45) is 0 Å². The van der Waals surface area contributed by atoms with Crippen LogP contribution in [0.4, 0.5) is 0 Å². The molecule has 0 amide bonds. The van der Waals surface area contributed by atoms with Gasteiger partial charge in [0.05, 0.1) is 0 Å². The van der Waals surface area contributed by atoms with Gasteiger partial charge in [0.2, 0.25) is 0 Å². The number of halogens is 1. The minimum atomic E-state index is -1.19. The van der Waals surface area contributed by atoms with Gasteiger partial charge in [0.25, 0.3) is 0 Å². The molecule has 1 unspecified atom stereocenters. The van der Waals surface area contributed by atoms with Crippen LogP contribution >= 0.6 is 22.6 Å². The fourth-order valence-corrected chi connectivity index (χ4v) is 2.39. The Morgan fingerprint density at radius 3 is 2.52 bits per heavy atom. The number of rotatable bonds is 5. The summed E-state index contributed by atoms with van der Waals surface area (Å²) >= 11 is 2.04. The zero-order chi connectivity index (χ0) is 15.5. The molecule has 0 bridgehead atoms. The maximum atomic E-state index is 11.2. The first kappa shape index (κ1) is 15.8. The molecular formula is C16H15IO4. The number of carboxylic acid groups (broad SMARTS) is 1. The first-order chi connectivity index (χ1) is 9.90. The van der Waals surface area contributed by atoms with Crippen molar-refractivity contribution in [1.82, 2.24) is 0 Å². The van der Waals surface area contributed by atoms with E-state index in [1.165, 1.54) is 6.07 Å². The summed E-state index contributed by atoms with van der Waals surface area (Å²) < 4.78 is 6.35. The monoisotopic (exact) mass is 398 g/mol. The van der Waals surface area contributed by atoms with Gasteiger partial charge in [0.15, 0.2) is 0 Å². The molecule has 1 atom stereocenters. The highest BCUT2D eigenvalue weighted by atomic mass is 127. The first-order valence-corrected chi connectivity index (χ1v) is 7.41. The van der Waals surface area contributed by atoms with Crippen LogP contribution in [0.2, 0.25) is 0 Å². The Labute approximate surface area is 136 Å². The molecule has 0 aliphatic carbocycles. The zero-order valence-electron chi connectivity index (χ0n) is 11.4. The van der Waals surface area contributed by atoms with Gasteiger partial charge in [-0.2, -0.15) is 0 Å². The molecule has 0 saturated heterocycles. The van der Waals surface area contributed by atoms with Gasteiger partial charge in [-0.25, -0.2) is 4.79 Å². The minimum absolute atomic E-state index is 0.0299. The number of carbonyl (C=O) groups is 1. The molecule has 0 fully saturated rings. The molecule has 2 aromatic carbocycles. The van der Waals surface area contributed by atoms with Crippen molar-refractivity contribution in [2.75, 3.05) is 6.61 Å². The Bertz CT molecular complexity index is 638. The van der Waals surface area contributed by atoms with E-state index < -0.39 is 11.6 Å². The Morgan fingerprint density at radius 2 is 1.90 bits per heavy atom. The number of aromatic carboxylic acids is 1. The fourth-order valence-electron chi connectivity index (χ4n) is 1.89. The van der Waals surface area contributed by atoms with Crippen LogP contribution in [-0.2, 0) is 5.60 Å². The first-order valence-electron chi connectivity index (χ1n) is 6.34. The molecule has 2 aromatic rings. The van der Waals surface area contributed by atoms with E-state index in [0.29, 0.717) is 5.56 Å². The van der Waals surface area contributed by atoms with Gasteiger partial charge in [0.1, 0.15) is 23.5 Å². The number of carboxylic acids is 1. The summed E-state index contributed by atoms with van der Waals surface area (Å²) in [6.45, 7) is 1.60. The molecule has 0 saturated carbocycles. The molecule has 2 rings (SSSR count). The van der Waals surface area contributed by atoms with Crippen LogP contribution in [0.1, 0.15) is 22.8 Å². The minimum Gasteiger partial charge on any atom is -0.489 e. The number of hydrogen-bond acceptors (Lipinski definition) is 3. The second-order valence-electron chi connectivity index (χ2n) is 4.87. The third-order valence-corrected chi connectivity index (χ3v) is 3.75. The lowest BCUT2D eigenvalue weighted by Gasteiger charge is -2.24. The Hall–Kier alpha value is -1.60. The van der Waals surface area contributed by atoms with Gasteiger partial charge in [-0.15, -0.1) is 0 Å². The second kappa shape index (κ2) is 6.44. The van der Waals surface area contributed by atoms with Crippen LogP contribution in [-0.4, -0.2) is 22.8 Å². The van der Waals surface area contributed by atoms with E-state index in [0.717, 1.165) is 3.57 Å². The van der Waals surface area contributed by atoms with Gasteiger partial charge in [-0.05, 0) is 53.3 Å². The highest BCUT2D eigenvalue weighted by Crippen LogP contribution is 2.25. The van der Waals surface area contributed by atoms with Crippen molar-refractivity contribution < 1.29 is 19.7 Å². The third kappa shape index (κ3) is 3.95. The molecule has 21 heavy (non-hydrogen) atoms. The molecule has 110 valence electrons. The van der Waals surface area contributed by atoms with Crippen LogP contribution < -0.4 is 4.74 Å². The topological polar surface area (TPSA) is 66.8 Å². The molecule has 0 aromatic heterocycles. The van der Waals surface area contributed by atoms with Gasteiger partial charge < -0.3 is 14.9 Å². The van der Waals surface area contributed by atoms with E-state index in [1.807, 2.05) is 40.8 Å². The maximum absolute atomic E-state index is 11.2. The van der Waals surface area contributed by atoms with Crippen molar-refractivity contribution in [3.8, 4) is 5.75 Å². The van der Waals surface area contributed by atoms with Crippen LogP contribution in [0.5, 0.6) is 5.75 Å². The number of benzene rings is 2. The average molecular weight is 398 g/mol. The molecular weight excluding hydrogens is 383 g/mol. The Balaban J connectivity index is 2.18. The van der Waals surface area contributed by atoms with E-state index >= 15 is 0 Å². The normalized spacial score (nSPS) is 13.5. The molecule has 5 heteroatoms. The summed E-state index contributed by atoms with van der Waals surface area (Å²) in [7, 11) is 0. The maximum Gasteiger partial charge on any atom is 0.339 e. The van der Waals surface area contributed by atoms with Crippen molar-refractivity contribution in [3.05, 3.63) is 63.2 Å². The van der Waals surface area contributed by atoms with Gasteiger partial charge in [-0.3, -0.25) is 0 Å². The second-order valence-corrected chi connectivity index (χ2v) is 6.12. The van der Waals surface area contributed by atoms with Crippen molar-refractivity contribution >= 4 is 28.6 Å². The molecule has 2 N–H and O–H groups in total. The molecule has 0 heterocycles. The van der Waals surface area contributed by atoms with E-state index in [2.05, 4.69) is 0 Å². The number of aliphatic hydroxyl groups is 1. The predicted molar refractivity (Wildman–Crippen MR) is 87.6 cm³/mol. The van der Waals surface area contributed by atoms with Gasteiger partial charge >= 0.3 is 5.97 Å². The van der Waals surface area contributed by atoms with E-state index in [-0.39, 0.29) is 17.9 Å². The van der Waals surface area contributed by atoms with E-state index in [1.54, 1.807) is 31.2 Å². The Morgan fingerprint density at radius 1 is 1.24 bits per heavy atom. The van der Waals surface area contributed by atoms with Gasteiger partial charge in [0, 0.05) is 3.57 Å². The summed E-state index contributed by atoms with van der Waals surface area (Å²) in [4.78, 5) is 11.2. The summed E-state index contributed by atoms with van der Waals surface area (Å²) in [5, 5.41) is 19.6. The third-order valence-electron chi connectivity index (χ3n) is 3.08. The summed E-state index contributed by atoms with van der Waals surface area (Å²) in [5.74, 6) is -0.804. The molecule has 0 radical (unpaired) electrons. The molecule has 4 nitrogen and oxygen atoms in total. The van der Waals surface area contributed by atoms with Crippen LogP contribution in [0, 0.1) is 3.57 Å². The smallest absolute Gasteiger partial charge is 0.339 e. The quantitative estimate of drug-likeness (QED) is 0.759. The highest BCUT2D eigenvalue weighted by Gasteiger charge is 2.25. The Kier molecular flexibility index (Phi) is 4.84. The van der Waals surface area contributed by atoms with E-state index in [9.17, 15) is 15.0 Å². The number of ether oxygens (including phenoxy) is 1. The fraction of sp³-hybridized carbons (Fsp3) is 0.188. The SMILES string of the molecule is CC(O)(COc1ccc(I)cc1C(=O)O)c1ccccc1. The van der Waals surface area contributed by atoms with Crippen LogP contribution in [0.15, 0.2) is 48.5 Å². The molecule has 0 aliphatic heterocycles. The molecule has 0 aliphatic rings. The standard InChI is InChI=1S/C16H15IO4/c1-16(20,11-5-3-2-4-6-11)10-21-14-8-7-12(17)9-13(14)15(18)19/h2-9,20H,10H2,1H3,(H,18,19). The van der Waals surface area contributed by atoms with E-state index in [4.69, 9.17) is 4.74 Å². The van der Waals surface area contributed by atoms with Crippen LogP contribution in [0.25, 0.3) is 0 Å². The lowest BCUT2D eigenvalue weighted by molar-refractivity contribution is 0.00701. The molecule has 0 spiro atoms. The summed E-state index contributed by atoms with van der Waals surface area (Å²) in [6, 6.07) is 14.0. The zero-order valence-corrected chi connectivity index (χ0v) is 13.6. The van der Waals surface area contributed by atoms with Crippen molar-refractivity contribution in [2.45, 2.75) is 12.5 Å². The number of hydrogen-bond donors (Lipinski definition) is 2. The van der Waals surface area contributed by atoms with Gasteiger partial charge in [-0.1, -0.05) is 30.3 Å². The summed E-state index contributed by atoms with van der Waals surface area (Å²) in [5.41, 5.74) is -0.391. The highest BCUT2D eigenvalue weighted by molar-refractivity contribution is 14.1. The lowest BCUT2D eigenvalue weighted by Crippen LogP contribution is -2.29. The average Bonchev–Trinajstić information content (AvgIpc) is 2.47. The van der Waals surface area contributed by atoms with Crippen LogP contribution in [0.3, 0.4) is 0 Å². The lowest BCUT2D eigenvalue weighted by atomic mass is 9.97. The van der Waals surface area contributed by atoms with Crippen molar-refractivity contribution in [1.29, 1.82) is 0 Å². The predicted octanol–water partition coefficient (Wildman–Crippen LogP) is 3.28.